The average Bonchev–Trinajstić information content (AvgIpc) is 3.07. The Morgan fingerprint density at radius 3 is 2.61 bits per heavy atom. The molecular weight excluding hydrogens is 382 g/mol. The van der Waals surface area contributed by atoms with E-state index in [9.17, 15) is 14.9 Å². The summed E-state index contributed by atoms with van der Waals surface area (Å²) in [5.41, 5.74) is 1.39. The van der Waals surface area contributed by atoms with Gasteiger partial charge in [-0.2, -0.15) is 5.26 Å². The lowest BCUT2D eigenvalue weighted by Gasteiger charge is -2.40. The van der Waals surface area contributed by atoms with Crippen LogP contribution in [0.4, 0.5) is 4.79 Å². The minimum absolute atomic E-state index is 0.182. The Bertz CT molecular complexity index is 990. The molecule has 1 aliphatic rings. The third-order valence-electron chi connectivity index (χ3n) is 4.59. The lowest BCUT2D eigenvalue weighted by molar-refractivity contribution is -0.671. The van der Waals surface area contributed by atoms with Crippen LogP contribution in [0.1, 0.15) is 18.5 Å². The van der Waals surface area contributed by atoms with Crippen molar-refractivity contribution < 1.29 is 19.0 Å². The Labute approximate surface area is 167 Å². The van der Waals surface area contributed by atoms with Gasteiger partial charge in [0.1, 0.15) is 12.7 Å². The number of aryl methyl sites for hydroxylation is 1. The number of aromatic nitrogens is 2. The van der Waals surface area contributed by atoms with E-state index in [0.29, 0.717) is 16.3 Å². The predicted molar refractivity (Wildman–Crippen MR) is 99.6 cm³/mol. The predicted octanol–water partition coefficient (Wildman–Crippen LogP) is 1.83. The maximum Gasteiger partial charge on any atom is 0.388 e. The van der Waals surface area contributed by atoms with Gasteiger partial charge in [0, 0.05) is 17.8 Å². The number of amides is 2. The van der Waals surface area contributed by atoms with Gasteiger partial charge in [-0.15, -0.1) is 0 Å². The maximum atomic E-state index is 13.1. The van der Waals surface area contributed by atoms with Crippen LogP contribution < -0.4 is 9.40 Å². The lowest BCUT2D eigenvalue weighted by atomic mass is 9.93. The minimum atomic E-state index is -0.766. The van der Waals surface area contributed by atoms with Crippen LogP contribution in [-0.4, -0.2) is 40.1 Å². The molecule has 0 saturated heterocycles. The number of nitriles is 1. The Hall–Kier alpha value is -3.31. The van der Waals surface area contributed by atoms with E-state index >= 15 is 0 Å². The van der Waals surface area contributed by atoms with Crippen molar-refractivity contribution in [3.63, 3.8) is 0 Å². The number of urea groups is 1. The Balaban J connectivity index is 2.10. The molecule has 1 aromatic carbocycles. The monoisotopic (exact) mass is 400 g/mol. The standard InChI is InChI=1S/C19H19ClN5O3/c1-13-16(18(26)28-24-11-10-22(2)12-24)17(14-4-6-15(20)7-5-14)25(9-8-21)19(27)23(13)3/h4-7,10-12,17H,9H2,1-3H3/q+1. The summed E-state index contributed by atoms with van der Waals surface area (Å²) in [5.74, 6) is -0.615. The molecule has 0 aliphatic carbocycles. The van der Waals surface area contributed by atoms with E-state index in [-0.39, 0.29) is 18.1 Å². The number of halogens is 1. The van der Waals surface area contributed by atoms with Gasteiger partial charge in [-0.1, -0.05) is 23.7 Å². The second-order valence-corrected chi connectivity index (χ2v) is 6.83. The summed E-state index contributed by atoms with van der Waals surface area (Å²) < 4.78 is 3.01. The summed E-state index contributed by atoms with van der Waals surface area (Å²) in [6.45, 7) is 1.50. The molecule has 2 amide bonds. The molecule has 0 saturated carbocycles. The highest BCUT2D eigenvalue weighted by Crippen LogP contribution is 2.37. The fraction of sp³-hybridized carbons (Fsp3) is 0.263. The molecule has 3 rings (SSSR count). The zero-order valence-electron chi connectivity index (χ0n) is 15.7. The molecule has 9 heteroatoms. The normalized spacial score (nSPS) is 17.0. The zero-order chi connectivity index (χ0) is 20.4. The summed E-state index contributed by atoms with van der Waals surface area (Å²) in [4.78, 5) is 34.0. The number of imidazole rings is 1. The van der Waals surface area contributed by atoms with Gasteiger partial charge in [0.05, 0.1) is 24.7 Å². The molecule has 0 fully saturated rings. The fourth-order valence-electron chi connectivity index (χ4n) is 3.09. The molecule has 1 aromatic heterocycles. The highest BCUT2D eigenvalue weighted by molar-refractivity contribution is 6.30. The number of allylic oxidation sites excluding steroid dienone is 1. The number of carbonyl (C=O) groups is 2. The molecular formula is C19H19ClN5O3+. The van der Waals surface area contributed by atoms with Gasteiger partial charge in [0.25, 0.3) is 6.33 Å². The molecule has 0 N–H and O–H groups in total. The van der Waals surface area contributed by atoms with Crippen molar-refractivity contribution in [3.8, 4) is 6.07 Å². The van der Waals surface area contributed by atoms with Gasteiger partial charge in [0.15, 0.2) is 6.20 Å². The number of carbonyl (C=O) groups excluding carboxylic acids is 2. The topological polar surface area (TPSA) is 82.5 Å². The molecule has 1 aliphatic heterocycles. The SMILES string of the molecule is CC1=C(C(=O)On2cc[n+](C)c2)C(c2ccc(Cl)cc2)N(CC#N)C(=O)N1C. The van der Waals surface area contributed by atoms with E-state index in [0.717, 1.165) is 0 Å². The highest BCUT2D eigenvalue weighted by atomic mass is 35.5. The van der Waals surface area contributed by atoms with Crippen molar-refractivity contribution in [1.29, 1.82) is 5.26 Å². The van der Waals surface area contributed by atoms with Crippen LogP contribution in [0, 0.1) is 11.3 Å². The zero-order valence-corrected chi connectivity index (χ0v) is 16.4. The van der Waals surface area contributed by atoms with Gasteiger partial charge < -0.3 is 4.90 Å². The van der Waals surface area contributed by atoms with Gasteiger partial charge in [-0.3, -0.25) is 9.74 Å². The second-order valence-electron chi connectivity index (χ2n) is 6.40. The second kappa shape index (κ2) is 7.74. The molecule has 144 valence electrons. The van der Waals surface area contributed by atoms with Crippen molar-refractivity contribution in [1.82, 2.24) is 14.5 Å². The summed E-state index contributed by atoms with van der Waals surface area (Å²) >= 11 is 5.99. The Morgan fingerprint density at radius 2 is 2.04 bits per heavy atom. The number of nitrogens with zero attached hydrogens (tertiary/aromatic N) is 5. The summed E-state index contributed by atoms with van der Waals surface area (Å²) in [6.07, 6.45) is 4.91. The minimum Gasteiger partial charge on any atom is -0.301 e. The first-order chi connectivity index (χ1) is 13.3. The van der Waals surface area contributed by atoms with Gasteiger partial charge in [-0.25, -0.2) is 14.2 Å². The number of benzene rings is 1. The van der Waals surface area contributed by atoms with Crippen molar-refractivity contribution in [2.24, 2.45) is 7.05 Å². The quantitative estimate of drug-likeness (QED) is 0.579. The van der Waals surface area contributed by atoms with Crippen molar-refractivity contribution in [3.05, 3.63) is 64.8 Å². The third kappa shape index (κ3) is 3.57. The molecule has 0 spiro atoms. The van der Waals surface area contributed by atoms with E-state index < -0.39 is 12.0 Å². The van der Waals surface area contributed by atoms with Crippen LogP contribution in [0.2, 0.25) is 5.02 Å². The van der Waals surface area contributed by atoms with Crippen LogP contribution in [0.15, 0.2) is 54.3 Å². The maximum absolute atomic E-state index is 13.1. The first kappa shape index (κ1) is 19.5. The highest BCUT2D eigenvalue weighted by Gasteiger charge is 2.42. The van der Waals surface area contributed by atoms with Crippen molar-refractivity contribution >= 4 is 23.6 Å². The fourth-order valence-corrected chi connectivity index (χ4v) is 3.22. The Morgan fingerprint density at radius 1 is 1.36 bits per heavy atom. The smallest absolute Gasteiger partial charge is 0.301 e. The Kier molecular flexibility index (Phi) is 5.38. The van der Waals surface area contributed by atoms with Gasteiger partial charge in [0.2, 0.25) is 0 Å². The lowest BCUT2D eigenvalue weighted by Crippen LogP contribution is -2.50. The average molecular weight is 401 g/mol. The van der Waals surface area contributed by atoms with Crippen LogP contribution in [-0.2, 0) is 11.8 Å². The van der Waals surface area contributed by atoms with E-state index in [4.69, 9.17) is 16.4 Å². The molecule has 28 heavy (non-hydrogen) atoms. The van der Waals surface area contributed by atoms with E-state index in [1.807, 2.05) is 6.07 Å². The van der Waals surface area contributed by atoms with E-state index in [2.05, 4.69) is 0 Å². The number of hydrogen-bond donors (Lipinski definition) is 0. The third-order valence-corrected chi connectivity index (χ3v) is 4.84. The molecule has 8 nitrogen and oxygen atoms in total. The number of hydrogen-bond acceptors (Lipinski definition) is 4. The van der Waals surface area contributed by atoms with E-state index in [1.54, 1.807) is 68.6 Å². The van der Waals surface area contributed by atoms with Crippen molar-refractivity contribution in [2.45, 2.75) is 13.0 Å². The molecule has 1 unspecified atom stereocenters. The molecule has 2 aromatic rings. The molecule has 2 heterocycles. The van der Waals surface area contributed by atoms with Crippen LogP contribution >= 0.6 is 11.6 Å². The molecule has 0 radical (unpaired) electrons. The van der Waals surface area contributed by atoms with E-state index in [1.165, 1.54) is 14.5 Å². The van der Waals surface area contributed by atoms with Crippen LogP contribution in [0.5, 0.6) is 0 Å². The molecule has 1 atom stereocenters. The first-order valence-electron chi connectivity index (χ1n) is 8.47. The summed E-state index contributed by atoms with van der Waals surface area (Å²) in [7, 11) is 3.36. The summed E-state index contributed by atoms with van der Waals surface area (Å²) in [6, 6.07) is 7.66. The largest absolute Gasteiger partial charge is 0.388 e. The van der Waals surface area contributed by atoms with Crippen LogP contribution in [0.3, 0.4) is 0 Å². The number of rotatable bonds is 4. The molecule has 0 bridgehead atoms. The van der Waals surface area contributed by atoms with Gasteiger partial charge in [-0.05, 0) is 29.4 Å². The van der Waals surface area contributed by atoms with Crippen molar-refractivity contribution in [2.75, 3.05) is 13.6 Å². The summed E-state index contributed by atoms with van der Waals surface area (Å²) in [5, 5.41) is 9.76. The van der Waals surface area contributed by atoms with Gasteiger partial charge >= 0.3 is 12.0 Å². The first-order valence-corrected chi connectivity index (χ1v) is 8.84. The van der Waals surface area contributed by atoms with Crippen LogP contribution in [0.25, 0.3) is 0 Å².